The standard InChI is InChI=1S/C17H20ClNO/c1-16(2)12-7-8-17(15(16)9-12)10-14(19-20-17)11-3-5-13(18)6-4-11/h3-6,12,15H,7-10H2,1-2H3. The van der Waals surface area contributed by atoms with Gasteiger partial charge in [-0.2, -0.15) is 0 Å². The van der Waals surface area contributed by atoms with E-state index in [1.54, 1.807) is 0 Å². The van der Waals surface area contributed by atoms with Crippen LogP contribution in [-0.4, -0.2) is 11.3 Å². The number of hydrogen-bond acceptors (Lipinski definition) is 2. The fourth-order valence-electron chi connectivity index (χ4n) is 4.60. The molecule has 4 aliphatic rings. The van der Waals surface area contributed by atoms with Gasteiger partial charge in [-0.05, 0) is 48.3 Å². The van der Waals surface area contributed by atoms with E-state index in [0.29, 0.717) is 11.3 Å². The number of hydrogen-bond donors (Lipinski definition) is 0. The molecule has 1 spiro atoms. The van der Waals surface area contributed by atoms with Crippen LogP contribution in [0, 0.1) is 17.3 Å². The number of fused-ring (bicyclic) bond motifs is 1. The lowest BCUT2D eigenvalue weighted by Gasteiger charge is -2.62. The van der Waals surface area contributed by atoms with Gasteiger partial charge >= 0.3 is 0 Å². The number of rotatable bonds is 1. The van der Waals surface area contributed by atoms with E-state index in [0.717, 1.165) is 35.1 Å². The molecule has 1 aromatic rings. The number of halogens is 1. The molecular weight excluding hydrogens is 270 g/mol. The Kier molecular flexibility index (Phi) is 2.54. The van der Waals surface area contributed by atoms with Gasteiger partial charge in [0.1, 0.15) is 5.60 Å². The third-order valence-corrected chi connectivity index (χ3v) is 6.26. The first-order chi connectivity index (χ1) is 9.51. The SMILES string of the molecule is CC1(C)C2CCC3(CC(c4ccc(Cl)cc4)=NO3)C1C2. The highest BCUT2D eigenvalue weighted by molar-refractivity contribution is 6.30. The van der Waals surface area contributed by atoms with E-state index in [4.69, 9.17) is 16.4 Å². The highest BCUT2D eigenvalue weighted by atomic mass is 35.5. The fourth-order valence-corrected chi connectivity index (χ4v) is 4.73. The van der Waals surface area contributed by atoms with Gasteiger partial charge in [0.15, 0.2) is 0 Å². The average Bonchev–Trinajstić information content (AvgIpc) is 2.83. The van der Waals surface area contributed by atoms with E-state index in [9.17, 15) is 0 Å². The van der Waals surface area contributed by atoms with Crippen LogP contribution in [0.15, 0.2) is 29.4 Å². The van der Waals surface area contributed by atoms with Crippen LogP contribution >= 0.6 is 11.6 Å². The molecule has 3 aliphatic carbocycles. The van der Waals surface area contributed by atoms with Crippen molar-refractivity contribution < 1.29 is 4.84 Å². The summed E-state index contributed by atoms with van der Waals surface area (Å²) in [5.41, 5.74) is 2.62. The minimum atomic E-state index is -0.0345. The summed E-state index contributed by atoms with van der Waals surface area (Å²) in [5.74, 6) is 1.55. The summed E-state index contributed by atoms with van der Waals surface area (Å²) in [6, 6.07) is 7.94. The maximum atomic E-state index is 6.02. The average molecular weight is 290 g/mol. The van der Waals surface area contributed by atoms with Crippen LogP contribution in [0.25, 0.3) is 0 Å². The monoisotopic (exact) mass is 289 g/mol. The van der Waals surface area contributed by atoms with Gasteiger partial charge in [0.05, 0.1) is 5.71 Å². The summed E-state index contributed by atoms with van der Waals surface area (Å²) in [7, 11) is 0. The minimum Gasteiger partial charge on any atom is -0.388 e. The van der Waals surface area contributed by atoms with Crippen LogP contribution < -0.4 is 0 Å². The van der Waals surface area contributed by atoms with Crippen molar-refractivity contribution in [2.75, 3.05) is 0 Å². The Morgan fingerprint density at radius 1 is 1.25 bits per heavy atom. The Balaban J connectivity index is 1.59. The lowest BCUT2D eigenvalue weighted by Crippen LogP contribution is -2.61. The molecule has 0 radical (unpaired) electrons. The van der Waals surface area contributed by atoms with E-state index in [-0.39, 0.29) is 5.60 Å². The predicted octanol–water partition coefficient (Wildman–Crippen LogP) is 4.66. The summed E-state index contributed by atoms with van der Waals surface area (Å²) in [6.07, 6.45) is 4.71. The molecule has 3 saturated carbocycles. The molecule has 1 aromatic carbocycles. The Bertz CT molecular complexity index is 575. The Morgan fingerprint density at radius 3 is 2.65 bits per heavy atom. The maximum absolute atomic E-state index is 6.02. The Morgan fingerprint density at radius 2 is 2.00 bits per heavy atom. The second-order valence-electron chi connectivity index (χ2n) is 7.22. The zero-order valence-electron chi connectivity index (χ0n) is 12.0. The molecule has 20 heavy (non-hydrogen) atoms. The molecule has 3 atom stereocenters. The molecule has 0 amide bonds. The Labute approximate surface area is 125 Å². The van der Waals surface area contributed by atoms with Crippen LogP contribution in [0.2, 0.25) is 5.02 Å². The molecule has 1 heterocycles. The molecule has 5 rings (SSSR count). The number of nitrogens with zero attached hydrogens (tertiary/aromatic N) is 1. The Hall–Kier alpha value is -1.02. The minimum absolute atomic E-state index is 0.0345. The van der Waals surface area contributed by atoms with Gasteiger partial charge in [-0.1, -0.05) is 42.7 Å². The van der Waals surface area contributed by atoms with Crippen molar-refractivity contribution in [1.82, 2.24) is 0 Å². The molecule has 0 N–H and O–H groups in total. The van der Waals surface area contributed by atoms with Gasteiger partial charge in [0.2, 0.25) is 0 Å². The normalized spacial score (nSPS) is 37.2. The van der Waals surface area contributed by atoms with E-state index in [2.05, 4.69) is 19.0 Å². The number of benzene rings is 1. The topological polar surface area (TPSA) is 21.6 Å². The van der Waals surface area contributed by atoms with Gasteiger partial charge in [0.25, 0.3) is 0 Å². The van der Waals surface area contributed by atoms with E-state index >= 15 is 0 Å². The van der Waals surface area contributed by atoms with Crippen molar-refractivity contribution in [2.24, 2.45) is 22.4 Å². The van der Waals surface area contributed by atoms with Crippen LogP contribution in [0.1, 0.15) is 45.1 Å². The molecular formula is C17H20ClNO. The predicted molar refractivity (Wildman–Crippen MR) is 81.0 cm³/mol. The van der Waals surface area contributed by atoms with Gasteiger partial charge in [-0.15, -0.1) is 0 Å². The van der Waals surface area contributed by atoms with Gasteiger partial charge in [-0.3, -0.25) is 0 Å². The smallest absolute Gasteiger partial charge is 0.146 e. The lowest BCUT2D eigenvalue weighted by molar-refractivity contribution is -0.214. The van der Waals surface area contributed by atoms with Crippen molar-refractivity contribution in [2.45, 2.75) is 45.1 Å². The summed E-state index contributed by atoms with van der Waals surface area (Å²) in [4.78, 5) is 6.02. The van der Waals surface area contributed by atoms with Gasteiger partial charge in [-0.25, -0.2) is 0 Å². The van der Waals surface area contributed by atoms with Crippen LogP contribution in [0.5, 0.6) is 0 Å². The first-order valence-corrected chi connectivity index (χ1v) is 7.90. The van der Waals surface area contributed by atoms with E-state index in [1.165, 1.54) is 12.8 Å². The van der Waals surface area contributed by atoms with Crippen molar-refractivity contribution in [3.05, 3.63) is 34.9 Å². The highest BCUT2D eigenvalue weighted by Gasteiger charge is 2.64. The second-order valence-corrected chi connectivity index (χ2v) is 7.66. The van der Waals surface area contributed by atoms with Crippen molar-refractivity contribution >= 4 is 17.3 Å². The molecule has 106 valence electrons. The highest BCUT2D eigenvalue weighted by Crippen LogP contribution is 2.65. The second kappa shape index (κ2) is 4.00. The zero-order chi connectivity index (χ0) is 14.0. The van der Waals surface area contributed by atoms with E-state index < -0.39 is 0 Å². The summed E-state index contributed by atoms with van der Waals surface area (Å²) in [6.45, 7) is 4.80. The molecule has 3 unspecified atom stereocenters. The molecule has 1 aliphatic heterocycles. The first kappa shape index (κ1) is 12.7. The van der Waals surface area contributed by atoms with E-state index in [1.807, 2.05) is 24.3 Å². The van der Waals surface area contributed by atoms with Gasteiger partial charge < -0.3 is 4.84 Å². The third kappa shape index (κ3) is 1.60. The fraction of sp³-hybridized carbons (Fsp3) is 0.588. The first-order valence-electron chi connectivity index (χ1n) is 7.52. The molecule has 2 nitrogen and oxygen atoms in total. The molecule has 3 heteroatoms. The summed E-state index contributed by atoms with van der Waals surface area (Å²) >= 11 is 5.96. The summed E-state index contributed by atoms with van der Waals surface area (Å²) in [5, 5.41) is 5.19. The van der Waals surface area contributed by atoms with Crippen molar-refractivity contribution in [1.29, 1.82) is 0 Å². The molecule has 0 aromatic heterocycles. The van der Waals surface area contributed by atoms with Crippen molar-refractivity contribution in [3.63, 3.8) is 0 Å². The summed E-state index contributed by atoms with van der Waals surface area (Å²) < 4.78 is 0. The van der Waals surface area contributed by atoms with Crippen LogP contribution in [-0.2, 0) is 4.84 Å². The largest absolute Gasteiger partial charge is 0.388 e. The number of oxime groups is 1. The van der Waals surface area contributed by atoms with Crippen LogP contribution in [0.4, 0.5) is 0 Å². The molecule has 3 fully saturated rings. The quantitative estimate of drug-likeness (QED) is 0.737. The van der Waals surface area contributed by atoms with Crippen LogP contribution in [0.3, 0.4) is 0 Å². The molecule has 0 saturated heterocycles. The zero-order valence-corrected chi connectivity index (χ0v) is 12.8. The third-order valence-electron chi connectivity index (χ3n) is 6.00. The van der Waals surface area contributed by atoms with Crippen molar-refractivity contribution in [3.8, 4) is 0 Å². The molecule has 2 bridgehead atoms. The van der Waals surface area contributed by atoms with Gasteiger partial charge in [0, 0.05) is 17.4 Å². The lowest BCUT2D eigenvalue weighted by atomic mass is 9.43. The maximum Gasteiger partial charge on any atom is 0.146 e.